The molecule has 1 fully saturated rings. The molecule has 1 aromatic carbocycles. The molecule has 2 heterocycles. The number of nitrogens with zero attached hydrogens (tertiary/aromatic N) is 3. The van der Waals surface area contributed by atoms with E-state index in [1.54, 1.807) is 6.20 Å². The highest BCUT2D eigenvalue weighted by molar-refractivity contribution is 9.10. The molecule has 0 saturated carbocycles. The van der Waals surface area contributed by atoms with Gasteiger partial charge in [0.05, 0.1) is 37.9 Å². The molecule has 3 rings (SSSR count). The second-order valence-electron chi connectivity index (χ2n) is 5.26. The third-order valence-electron chi connectivity index (χ3n) is 4.01. The number of hydrogen-bond donors (Lipinski definition) is 1. The van der Waals surface area contributed by atoms with Crippen molar-refractivity contribution in [1.82, 2.24) is 9.97 Å². The van der Waals surface area contributed by atoms with Gasteiger partial charge in [-0.25, -0.2) is 16.5 Å². The molecule has 0 radical (unpaired) electrons. The van der Waals surface area contributed by atoms with Gasteiger partial charge < -0.3 is 15.3 Å². The van der Waals surface area contributed by atoms with Crippen LogP contribution in [0.15, 0.2) is 35.1 Å². The molecule has 0 bridgehead atoms. The predicted molar refractivity (Wildman–Crippen MR) is 87.9 cm³/mol. The van der Waals surface area contributed by atoms with E-state index in [-0.39, 0.29) is 0 Å². The Hall–Kier alpha value is -1.97. The summed E-state index contributed by atoms with van der Waals surface area (Å²) in [5.41, 5.74) is 7.94. The van der Waals surface area contributed by atoms with Crippen molar-refractivity contribution in [3.63, 3.8) is 0 Å². The summed E-state index contributed by atoms with van der Waals surface area (Å²) < 4.78 is 5.92. The third-order valence-corrected chi connectivity index (χ3v) is 4.59. The molecule has 1 aliphatic heterocycles. The molecule has 5 nitrogen and oxygen atoms in total. The summed E-state index contributed by atoms with van der Waals surface area (Å²) in [6.45, 7) is 8.86. The highest BCUT2D eigenvalue weighted by Gasteiger charge is 2.40. The number of aromatic nitrogens is 2. The van der Waals surface area contributed by atoms with Crippen molar-refractivity contribution in [3.05, 3.63) is 52.0 Å². The SMILES string of the molecule is [C-]#[N+]C1(c2ccc(-c3cnc(N)c(Br)n3)cc2)CCOCC1. The van der Waals surface area contributed by atoms with Crippen molar-refractivity contribution in [2.24, 2.45) is 0 Å². The zero-order chi connectivity index (χ0) is 15.6. The summed E-state index contributed by atoms with van der Waals surface area (Å²) in [5, 5.41) is 0. The maximum Gasteiger partial charge on any atom is 0.261 e. The molecular weight excluding hydrogens is 344 g/mol. The number of ether oxygens (including phenoxy) is 1. The molecule has 0 atom stereocenters. The molecule has 0 aliphatic carbocycles. The van der Waals surface area contributed by atoms with Crippen LogP contribution in [0.5, 0.6) is 0 Å². The van der Waals surface area contributed by atoms with E-state index >= 15 is 0 Å². The van der Waals surface area contributed by atoms with Crippen molar-refractivity contribution < 1.29 is 4.74 Å². The summed E-state index contributed by atoms with van der Waals surface area (Å²) in [6, 6.07) is 7.96. The predicted octanol–water partition coefficient (Wildman–Crippen LogP) is 3.41. The Labute approximate surface area is 137 Å². The van der Waals surface area contributed by atoms with E-state index in [1.165, 1.54) is 0 Å². The van der Waals surface area contributed by atoms with Crippen LogP contribution in [-0.2, 0) is 10.3 Å². The smallest absolute Gasteiger partial charge is 0.261 e. The van der Waals surface area contributed by atoms with Gasteiger partial charge >= 0.3 is 0 Å². The zero-order valence-corrected chi connectivity index (χ0v) is 13.5. The van der Waals surface area contributed by atoms with Crippen LogP contribution < -0.4 is 5.73 Å². The summed E-state index contributed by atoms with van der Waals surface area (Å²) in [4.78, 5) is 12.4. The van der Waals surface area contributed by atoms with Gasteiger partial charge in [0.1, 0.15) is 4.60 Å². The summed E-state index contributed by atoms with van der Waals surface area (Å²) in [7, 11) is 0. The molecule has 0 spiro atoms. The zero-order valence-electron chi connectivity index (χ0n) is 11.9. The Bertz CT molecular complexity index is 718. The Kier molecular flexibility index (Phi) is 4.10. The van der Waals surface area contributed by atoms with Gasteiger partial charge in [-0.05, 0) is 15.9 Å². The minimum Gasteiger partial charge on any atom is -0.381 e. The Morgan fingerprint density at radius 3 is 2.50 bits per heavy atom. The standard InChI is InChI=1S/C16H15BrN4O/c1-19-16(6-8-22-9-7-16)12-4-2-11(3-5-12)13-10-20-15(18)14(17)21-13/h2-5,10H,6-9H2,(H2,18,20). The topological polar surface area (TPSA) is 65.4 Å². The molecule has 6 heteroatoms. The lowest BCUT2D eigenvalue weighted by Crippen LogP contribution is -2.30. The number of nitrogens with two attached hydrogens (primary N) is 1. The van der Waals surface area contributed by atoms with Crippen molar-refractivity contribution in [1.29, 1.82) is 0 Å². The molecule has 1 aromatic heterocycles. The van der Waals surface area contributed by atoms with Crippen LogP contribution in [0.2, 0.25) is 0 Å². The first kappa shape index (κ1) is 14.9. The number of benzene rings is 1. The van der Waals surface area contributed by atoms with Gasteiger partial charge in [0.25, 0.3) is 5.54 Å². The van der Waals surface area contributed by atoms with Gasteiger partial charge in [0.2, 0.25) is 0 Å². The van der Waals surface area contributed by atoms with E-state index in [9.17, 15) is 0 Å². The normalized spacial score (nSPS) is 16.9. The third kappa shape index (κ3) is 2.70. The first-order chi connectivity index (χ1) is 10.6. The highest BCUT2D eigenvalue weighted by atomic mass is 79.9. The average molecular weight is 359 g/mol. The van der Waals surface area contributed by atoms with E-state index in [1.807, 2.05) is 24.3 Å². The van der Waals surface area contributed by atoms with Crippen molar-refractivity contribution >= 4 is 21.7 Å². The second kappa shape index (κ2) is 6.03. The van der Waals surface area contributed by atoms with Crippen molar-refractivity contribution in [3.8, 4) is 11.3 Å². The average Bonchev–Trinajstić information content (AvgIpc) is 2.58. The van der Waals surface area contributed by atoms with E-state index in [4.69, 9.17) is 17.0 Å². The minimum atomic E-state index is -0.454. The summed E-state index contributed by atoms with van der Waals surface area (Å²) in [5.74, 6) is 0.370. The Morgan fingerprint density at radius 2 is 1.91 bits per heavy atom. The molecule has 2 aromatic rings. The molecule has 0 amide bonds. The van der Waals surface area contributed by atoms with Crippen molar-refractivity contribution in [2.45, 2.75) is 18.4 Å². The first-order valence-electron chi connectivity index (χ1n) is 7.00. The van der Waals surface area contributed by atoms with Gasteiger partial charge in [0, 0.05) is 11.1 Å². The van der Waals surface area contributed by atoms with E-state index in [0.29, 0.717) is 23.6 Å². The molecule has 1 saturated heterocycles. The van der Waals surface area contributed by atoms with Gasteiger partial charge in [0.15, 0.2) is 5.82 Å². The quantitative estimate of drug-likeness (QED) is 0.835. The number of anilines is 1. The lowest BCUT2D eigenvalue weighted by Gasteiger charge is -2.26. The van der Waals surface area contributed by atoms with E-state index < -0.39 is 5.54 Å². The van der Waals surface area contributed by atoms with Crippen molar-refractivity contribution in [2.75, 3.05) is 18.9 Å². The molecule has 1 aliphatic rings. The van der Waals surface area contributed by atoms with E-state index in [2.05, 4.69) is 30.7 Å². The van der Waals surface area contributed by atoms with Crippen LogP contribution in [0.25, 0.3) is 16.1 Å². The lowest BCUT2D eigenvalue weighted by molar-refractivity contribution is 0.0646. The fourth-order valence-electron chi connectivity index (χ4n) is 2.64. The number of rotatable bonds is 2. The molecule has 0 unspecified atom stereocenters. The second-order valence-corrected chi connectivity index (χ2v) is 6.02. The summed E-state index contributed by atoms with van der Waals surface area (Å²) in [6.07, 6.45) is 3.13. The Balaban J connectivity index is 1.92. The minimum absolute atomic E-state index is 0.370. The fourth-order valence-corrected chi connectivity index (χ4v) is 2.93. The van der Waals surface area contributed by atoms with Crippen LogP contribution in [0.1, 0.15) is 18.4 Å². The van der Waals surface area contributed by atoms with Gasteiger partial charge in [-0.2, -0.15) is 0 Å². The van der Waals surface area contributed by atoms with Crippen LogP contribution in [0.3, 0.4) is 0 Å². The van der Waals surface area contributed by atoms with Crippen LogP contribution in [0, 0.1) is 6.57 Å². The van der Waals surface area contributed by atoms with Crippen LogP contribution >= 0.6 is 15.9 Å². The molecular formula is C16H15BrN4O. The van der Waals surface area contributed by atoms with Crippen LogP contribution in [-0.4, -0.2) is 23.2 Å². The van der Waals surface area contributed by atoms with Gasteiger partial charge in [-0.1, -0.05) is 24.3 Å². The van der Waals surface area contributed by atoms with E-state index in [0.717, 1.165) is 29.7 Å². The summed E-state index contributed by atoms with van der Waals surface area (Å²) >= 11 is 3.29. The largest absolute Gasteiger partial charge is 0.381 e. The van der Waals surface area contributed by atoms with Crippen LogP contribution in [0.4, 0.5) is 5.82 Å². The van der Waals surface area contributed by atoms with Gasteiger partial charge in [-0.3, -0.25) is 0 Å². The van der Waals surface area contributed by atoms with Gasteiger partial charge in [-0.15, -0.1) is 0 Å². The molecule has 112 valence electrons. The highest BCUT2D eigenvalue weighted by Crippen LogP contribution is 2.37. The molecule has 22 heavy (non-hydrogen) atoms. The Morgan fingerprint density at radius 1 is 1.23 bits per heavy atom. The lowest BCUT2D eigenvalue weighted by atomic mass is 9.83. The fraction of sp³-hybridized carbons (Fsp3) is 0.312. The monoisotopic (exact) mass is 358 g/mol. The maximum atomic E-state index is 7.58. The number of hydrogen-bond acceptors (Lipinski definition) is 4. The first-order valence-corrected chi connectivity index (χ1v) is 7.79. The number of halogens is 1. The maximum absolute atomic E-state index is 7.58. The molecule has 2 N–H and O–H groups in total. The number of nitrogen functional groups attached to an aromatic ring is 1.